The molecule has 2 rings (SSSR count). The first-order valence-corrected chi connectivity index (χ1v) is 6.75. The van der Waals surface area contributed by atoms with E-state index in [-0.39, 0.29) is 24.5 Å². The van der Waals surface area contributed by atoms with Crippen molar-refractivity contribution in [3.05, 3.63) is 35.9 Å². The molecule has 1 saturated carbocycles. The first-order valence-electron chi connectivity index (χ1n) is 6.75. The molecule has 0 unspecified atom stereocenters. The highest BCUT2D eigenvalue weighted by molar-refractivity contribution is 5.75. The van der Waals surface area contributed by atoms with Crippen molar-refractivity contribution in [2.75, 3.05) is 7.11 Å². The summed E-state index contributed by atoms with van der Waals surface area (Å²) >= 11 is 0. The lowest BCUT2D eigenvalue weighted by Gasteiger charge is -2.18. The van der Waals surface area contributed by atoms with Crippen LogP contribution in [0.4, 0.5) is 4.79 Å². The number of methoxy groups -OCH3 is 1. The molecule has 0 aliphatic heterocycles. The number of carbonyl (C=O) groups is 2. The normalized spacial score (nSPS) is 21.2. The Morgan fingerprint density at radius 3 is 2.70 bits per heavy atom. The second kappa shape index (κ2) is 6.93. The van der Waals surface area contributed by atoms with Crippen LogP contribution in [0.15, 0.2) is 30.3 Å². The number of rotatable bonds is 4. The molecule has 108 valence electrons. The summed E-state index contributed by atoms with van der Waals surface area (Å²) in [5, 5.41) is 2.75. The summed E-state index contributed by atoms with van der Waals surface area (Å²) in [6.45, 7) is 0.224. The number of nitrogens with one attached hydrogen (secondary N) is 1. The lowest BCUT2D eigenvalue weighted by Crippen LogP contribution is -2.40. The average Bonchev–Trinajstić information content (AvgIpc) is 2.93. The van der Waals surface area contributed by atoms with Crippen molar-refractivity contribution in [3.63, 3.8) is 0 Å². The van der Waals surface area contributed by atoms with Gasteiger partial charge in [0.25, 0.3) is 0 Å². The summed E-state index contributed by atoms with van der Waals surface area (Å²) in [6.07, 6.45) is 1.94. The van der Waals surface area contributed by atoms with Crippen LogP contribution in [0.3, 0.4) is 0 Å². The fourth-order valence-corrected chi connectivity index (χ4v) is 2.48. The minimum absolute atomic E-state index is 0.189. The molecule has 0 radical (unpaired) electrons. The van der Waals surface area contributed by atoms with Crippen molar-refractivity contribution in [1.82, 2.24) is 5.32 Å². The minimum Gasteiger partial charge on any atom is -0.469 e. The third kappa shape index (κ3) is 3.73. The van der Waals surface area contributed by atoms with E-state index >= 15 is 0 Å². The van der Waals surface area contributed by atoms with Gasteiger partial charge < -0.3 is 14.8 Å². The maximum Gasteiger partial charge on any atom is 0.407 e. The second-order valence-corrected chi connectivity index (χ2v) is 4.87. The highest BCUT2D eigenvalue weighted by Gasteiger charge is 2.35. The first kappa shape index (κ1) is 14.4. The molecule has 0 heterocycles. The number of amides is 1. The molecule has 1 aromatic carbocycles. The van der Waals surface area contributed by atoms with Gasteiger partial charge in [0, 0.05) is 6.04 Å². The van der Waals surface area contributed by atoms with E-state index in [4.69, 9.17) is 9.47 Å². The van der Waals surface area contributed by atoms with E-state index in [1.54, 1.807) is 0 Å². The Morgan fingerprint density at radius 1 is 1.25 bits per heavy atom. The molecule has 0 bridgehead atoms. The number of ether oxygens (including phenoxy) is 2. The predicted octanol–water partition coefficient (Wildman–Crippen LogP) is 2.25. The van der Waals surface area contributed by atoms with E-state index in [9.17, 15) is 9.59 Å². The molecule has 5 heteroatoms. The van der Waals surface area contributed by atoms with E-state index < -0.39 is 6.09 Å². The summed E-state index contributed by atoms with van der Waals surface area (Å²) in [5.74, 6) is -0.528. The van der Waals surface area contributed by atoms with Crippen molar-refractivity contribution >= 4 is 12.1 Å². The summed E-state index contributed by atoms with van der Waals surface area (Å²) < 4.78 is 9.89. The quantitative estimate of drug-likeness (QED) is 0.857. The van der Waals surface area contributed by atoms with Crippen LogP contribution in [-0.2, 0) is 20.9 Å². The van der Waals surface area contributed by atoms with Crippen LogP contribution in [0, 0.1) is 5.92 Å². The highest BCUT2D eigenvalue weighted by atomic mass is 16.5. The summed E-state index contributed by atoms with van der Waals surface area (Å²) in [7, 11) is 1.37. The fraction of sp³-hybridized carbons (Fsp3) is 0.467. The third-order valence-electron chi connectivity index (χ3n) is 3.54. The van der Waals surface area contributed by atoms with Gasteiger partial charge in [-0.1, -0.05) is 36.8 Å². The van der Waals surface area contributed by atoms with Gasteiger partial charge in [-0.25, -0.2) is 4.79 Å². The minimum atomic E-state index is -0.491. The molecule has 5 nitrogen and oxygen atoms in total. The van der Waals surface area contributed by atoms with E-state index in [1.165, 1.54) is 7.11 Å². The molecule has 1 amide bonds. The molecular formula is C15H19NO4. The highest BCUT2D eigenvalue weighted by Crippen LogP contribution is 2.26. The number of carbonyl (C=O) groups excluding carboxylic acids is 2. The molecule has 1 N–H and O–H groups in total. The lowest BCUT2D eigenvalue weighted by molar-refractivity contribution is -0.145. The number of esters is 1. The van der Waals surface area contributed by atoms with E-state index in [0.717, 1.165) is 24.8 Å². The van der Waals surface area contributed by atoms with E-state index in [0.29, 0.717) is 0 Å². The standard InChI is InChI=1S/C15H19NO4/c1-19-14(17)12-8-5-9-13(12)16-15(18)20-10-11-6-3-2-4-7-11/h2-4,6-7,12-13H,5,8-10H2,1H3,(H,16,18)/t12-,13-/m1/s1. The van der Waals surface area contributed by atoms with Crippen molar-refractivity contribution in [1.29, 1.82) is 0 Å². The van der Waals surface area contributed by atoms with Crippen LogP contribution in [0.1, 0.15) is 24.8 Å². The Morgan fingerprint density at radius 2 is 2.00 bits per heavy atom. The van der Waals surface area contributed by atoms with Gasteiger partial charge in [-0.2, -0.15) is 0 Å². The van der Waals surface area contributed by atoms with Gasteiger partial charge in [-0.15, -0.1) is 0 Å². The smallest absolute Gasteiger partial charge is 0.407 e. The van der Waals surface area contributed by atoms with Crippen molar-refractivity contribution in [2.24, 2.45) is 5.92 Å². The van der Waals surface area contributed by atoms with E-state index in [1.807, 2.05) is 30.3 Å². The molecule has 1 fully saturated rings. The van der Waals surface area contributed by atoms with E-state index in [2.05, 4.69) is 5.32 Å². The molecule has 0 aromatic heterocycles. The van der Waals surface area contributed by atoms with Gasteiger partial charge in [-0.3, -0.25) is 4.79 Å². The SMILES string of the molecule is COC(=O)[C@@H]1CCC[C@H]1NC(=O)OCc1ccccc1. The Hall–Kier alpha value is -2.04. The molecular weight excluding hydrogens is 258 g/mol. The number of alkyl carbamates (subject to hydrolysis) is 1. The Bertz CT molecular complexity index is 460. The van der Waals surface area contributed by atoms with Gasteiger partial charge in [0.2, 0.25) is 0 Å². The monoisotopic (exact) mass is 277 g/mol. The molecule has 1 aromatic rings. The Balaban J connectivity index is 1.80. The maximum atomic E-state index is 11.7. The number of hydrogen-bond donors (Lipinski definition) is 1. The number of benzene rings is 1. The maximum absolute atomic E-state index is 11.7. The van der Waals surface area contributed by atoms with Crippen molar-refractivity contribution in [3.8, 4) is 0 Å². The summed E-state index contributed by atoms with van der Waals surface area (Å²) in [6, 6.07) is 9.27. The zero-order valence-corrected chi connectivity index (χ0v) is 11.5. The second-order valence-electron chi connectivity index (χ2n) is 4.87. The lowest BCUT2D eigenvalue weighted by atomic mass is 10.0. The fourth-order valence-electron chi connectivity index (χ4n) is 2.48. The van der Waals surface area contributed by atoms with Crippen LogP contribution in [0.5, 0.6) is 0 Å². The van der Waals surface area contributed by atoms with Gasteiger partial charge >= 0.3 is 12.1 Å². The van der Waals surface area contributed by atoms with Crippen LogP contribution in [0.25, 0.3) is 0 Å². The molecule has 1 aliphatic rings. The van der Waals surface area contributed by atoms with Gasteiger partial charge in [0.05, 0.1) is 13.0 Å². The topological polar surface area (TPSA) is 64.6 Å². The summed E-state index contributed by atoms with van der Waals surface area (Å²) in [4.78, 5) is 23.3. The Labute approximate surface area is 118 Å². The van der Waals surface area contributed by atoms with Crippen LogP contribution >= 0.6 is 0 Å². The Kier molecular flexibility index (Phi) is 4.98. The summed E-state index contributed by atoms with van der Waals surface area (Å²) in [5.41, 5.74) is 0.929. The molecule has 0 spiro atoms. The van der Waals surface area contributed by atoms with Gasteiger partial charge in [0.1, 0.15) is 6.61 Å². The predicted molar refractivity (Wildman–Crippen MR) is 72.9 cm³/mol. The number of hydrogen-bond acceptors (Lipinski definition) is 4. The zero-order valence-electron chi connectivity index (χ0n) is 11.5. The molecule has 20 heavy (non-hydrogen) atoms. The van der Waals surface area contributed by atoms with Crippen LogP contribution < -0.4 is 5.32 Å². The van der Waals surface area contributed by atoms with Crippen molar-refractivity contribution < 1.29 is 19.1 Å². The molecule has 0 saturated heterocycles. The first-order chi connectivity index (χ1) is 9.70. The average molecular weight is 277 g/mol. The van der Waals surface area contributed by atoms with Crippen LogP contribution in [-0.4, -0.2) is 25.2 Å². The third-order valence-corrected chi connectivity index (χ3v) is 3.54. The zero-order chi connectivity index (χ0) is 14.4. The van der Waals surface area contributed by atoms with Crippen LogP contribution in [0.2, 0.25) is 0 Å². The van der Waals surface area contributed by atoms with Gasteiger partial charge in [0.15, 0.2) is 0 Å². The molecule has 1 aliphatic carbocycles. The molecule has 2 atom stereocenters. The van der Waals surface area contributed by atoms with Gasteiger partial charge in [-0.05, 0) is 18.4 Å². The van der Waals surface area contributed by atoms with Crippen molar-refractivity contribution in [2.45, 2.75) is 31.9 Å². The largest absolute Gasteiger partial charge is 0.469 e.